The minimum absolute atomic E-state index is 0.315. The summed E-state index contributed by atoms with van der Waals surface area (Å²) >= 11 is 0. The molecule has 4 aromatic carbocycles. The van der Waals surface area contributed by atoms with Crippen molar-refractivity contribution in [1.82, 2.24) is 4.98 Å². The number of aryl methyl sites for hydroxylation is 2. The Bertz CT molecular complexity index is 1820. The second-order valence-corrected chi connectivity index (χ2v) is 10.8. The smallest absolute Gasteiger partial charge is 0.342 e. The van der Waals surface area contributed by atoms with E-state index in [0.717, 1.165) is 43.3 Å². The zero-order valence-electron chi connectivity index (χ0n) is 24.8. The van der Waals surface area contributed by atoms with Crippen molar-refractivity contribution in [2.45, 2.75) is 20.3 Å². The third kappa shape index (κ3) is 5.26. The Labute approximate surface area is 255 Å². The molecule has 1 N–H and O–H groups in total. The Balaban J connectivity index is 1.45. The number of amides is 4. The van der Waals surface area contributed by atoms with Gasteiger partial charge < -0.3 is 9.72 Å². The number of methoxy groups -OCH3 is 1. The predicted molar refractivity (Wildman–Crippen MR) is 173 cm³/mol. The number of carbonyl (C=O) groups is 3. The number of benzene rings is 4. The second kappa shape index (κ2) is 12.0. The standard InChI is InChI=1S/C36H32N4O4/c1-23-14-16-25(17-15-23)33(37-21-20-29-24(2)38-31-19-18-28(44-3)22-30(29)31)32-34(41)39(26-10-6-4-7-11-26)36(43)40(35(32)42)27-12-8-5-9-13-27/h4-19,22,32,38H,20-21H2,1-3H3. The molecule has 0 aliphatic carbocycles. The van der Waals surface area contributed by atoms with Gasteiger partial charge in [0, 0.05) is 23.1 Å². The summed E-state index contributed by atoms with van der Waals surface area (Å²) in [5.74, 6) is -1.84. The van der Waals surface area contributed by atoms with Gasteiger partial charge in [-0.3, -0.25) is 14.6 Å². The highest BCUT2D eigenvalue weighted by Crippen LogP contribution is 2.32. The molecular weight excluding hydrogens is 552 g/mol. The van der Waals surface area contributed by atoms with Gasteiger partial charge in [-0.2, -0.15) is 0 Å². The Morgan fingerprint density at radius 2 is 1.39 bits per heavy atom. The average molecular weight is 585 g/mol. The number of H-pyrrole nitrogens is 1. The number of nitrogens with one attached hydrogen (secondary N) is 1. The molecule has 1 aromatic heterocycles. The fourth-order valence-electron chi connectivity index (χ4n) is 5.69. The number of fused-ring (bicyclic) bond motifs is 1. The molecule has 1 aliphatic heterocycles. The summed E-state index contributed by atoms with van der Waals surface area (Å²) in [7, 11) is 1.64. The lowest BCUT2D eigenvalue weighted by atomic mass is 9.91. The lowest BCUT2D eigenvalue weighted by molar-refractivity contribution is -0.129. The van der Waals surface area contributed by atoms with E-state index in [1.165, 1.54) is 0 Å². The van der Waals surface area contributed by atoms with E-state index in [1.807, 2.05) is 68.4 Å². The maximum atomic E-state index is 14.3. The van der Waals surface area contributed by atoms with E-state index >= 15 is 0 Å². The van der Waals surface area contributed by atoms with Crippen LogP contribution in [0.3, 0.4) is 0 Å². The molecule has 0 radical (unpaired) electrons. The largest absolute Gasteiger partial charge is 0.497 e. The zero-order chi connectivity index (χ0) is 30.8. The Kier molecular flexibility index (Phi) is 7.81. The van der Waals surface area contributed by atoms with Crippen LogP contribution in [0.25, 0.3) is 10.9 Å². The van der Waals surface area contributed by atoms with Gasteiger partial charge in [0.25, 0.3) is 11.8 Å². The molecular formula is C36H32N4O4. The molecule has 1 aliphatic rings. The molecule has 44 heavy (non-hydrogen) atoms. The van der Waals surface area contributed by atoms with Crippen LogP contribution in [0.5, 0.6) is 5.75 Å². The molecule has 2 heterocycles. The summed E-state index contributed by atoms with van der Waals surface area (Å²) in [4.78, 5) is 52.9. The van der Waals surface area contributed by atoms with Crippen molar-refractivity contribution in [3.63, 3.8) is 0 Å². The van der Waals surface area contributed by atoms with Gasteiger partial charge in [-0.25, -0.2) is 14.6 Å². The minimum atomic E-state index is -1.33. The first kappa shape index (κ1) is 28.6. The van der Waals surface area contributed by atoms with Gasteiger partial charge in [-0.05, 0) is 73.9 Å². The summed E-state index contributed by atoms with van der Waals surface area (Å²) in [5, 5.41) is 1.04. The number of aromatic amines is 1. The Morgan fingerprint density at radius 1 is 0.795 bits per heavy atom. The fourth-order valence-corrected chi connectivity index (χ4v) is 5.69. The molecule has 1 fully saturated rings. The molecule has 0 bridgehead atoms. The molecule has 1 saturated heterocycles. The van der Waals surface area contributed by atoms with E-state index in [2.05, 4.69) is 4.98 Å². The van der Waals surface area contributed by atoms with Gasteiger partial charge in [0.15, 0.2) is 5.92 Å². The average Bonchev–Trinajstić information content (AvgIpc) is 3.35. The number of para-hydroxylation sites is 2. The summed E-state index contributed by atoms with van der Waals surface area (Å²) < 4.78 is 5.45. The number of urea groups is 1. The van der Waals surface area contributed by atoms with E-state index in [4.69, 9.17) is 9.73 Å². The van der Waals surface area contributed by atoms with E-state index in [-0.39, 0.29) is 0 Å². The van der Waals surface area contributed by atoms with Crippen LogP contribution in [-0.2, 0) is 16.0 Å². The van der Waals surface area contributed by atoms with Gasteiger partial charge in [-0.15, -0.1) is 0 Å². The maximum absolute atomic E-state index is 14.3. The Morgan fingerprint density at radius 3 is 1.95 bits per heavy atom. The molecule has 8 nitrogen and oxygen atoms in total. The van der Waals surface area contributed by atoms with Crippen LogP contribution in [0.1, 0.15) is 22.4 Å². The number of barbiturate groups is 1. The van der Waals surface area contributed by atoms with Crippen LogP contribution in [0.15, 0.2) is 108 Å². The van der Waals surface area contributed by atoms with Gasteiger partial charge in [0.2, 0.25) is 0 Å². The third-order valence-corrected chi connectivity index (χ3v) is 7.94. The summed E-state index contributed by atoms with van der Waals surface area (Å²) in [6, 6.07) is 30.1. The van der Waals surface area contributed by atoms with Gasteiger partial charge in [-0.1, -0.05) is 66.2 Å². The Hall–Kier alpha value is -5.50. The molecule has 8 heteroatoms. The molecule has 5 aromatic rings. The maximum Gasteiger partial charge on any atom is 0.342 e. The zero-order valence-corrected chi connectivity index (χ0v) is 24.8. The summed E-state index contributed by atoms with van der Waals surface area (Å²) in [6.07, 6.45) is 0.563. The van der Waals surface area contributed by atoms with E-state index < -0.39 is 23.8 Å². The number of ether oxygens (including phenoxy) is 1. The highest BCUT2D eigenvalue weighted by Gasteiger charge is 2.49. The van der Waals surface area contributed by atoms with Crippen LogP contribution < -0.4 is 14.5 Å². The van der Waals surface area contributed by atoms with Gasteiger partial charge in [0.1, 0.15) is 5.75 Å². The molecule has 0 atom stereocenters. The normalized spacial score (nSPS) is 14.5. The number of aliphatic imine (C=N–C) groups is 1. The van der Waals surface area contributed by atoms with E-state index in [0.29, 0.717) is 35.6 Å². The van der Waals surface area contributed by atoms with Gasteiger partial charge >= 0.3 is 6.03 Å². The molecule has 220 valence electrons. The first-order valence-electron chi connectivity index (χ1n) is 14.5. The number of anilines is 2. The van der Waals surface area contributed by atoms with E-state index in [1.54, 1.807) is 55.6 Å². The number of aromatic nitrogens is 1. The topological polar surface area (TPSA) is 95.1 Å². The SMILES string of the molecule is COc1ccc2[nH]c(C)c(CCN=C(c3ccc(C)cc3)C3C(=O)N(c4ccccc4)C(=O)N(c4ccccc4)C3=O)c2c1. The van der Waals surface area contributed by atoms with Crippen LogP contribution in [0.4, 0.5) is 16.2 Å². The molecule has 0 spiro atoms. The van der Waals surface area contributed by atoms with E-state index in [9.17, 15) is 14.4 Å². The van der Waals surface area contributed by atoms with Crippen molar-refractivity contribution in [3.05, 3.63) is 126 Å². The van der Waals surface area contributed by atoms with Crippen LogP contribution in [0.2, 0.25) is 0 Å². The number of nitrogens with zero attached hydrogens (tertiary/aromatic N) is 3. The summed E-state index contributed by atoms with van der Waals surface area (Å²) in [5.41, 5.74) is 5.86. The van der Waals surface area contributed by atoms with Crippen molar-refractivity contribution in [2.75, 3.05) is 23.5 Å². The number of hydrogen-bond acceptors (Lipinski definition) is 5. The number of imide groups is 2. The lowest BCUT2D eigenvalue weighted by Gasteiger charge is -2.37. The minimum Gasteiger partial charge on any atom is -0.497 e. The van der Waals surface area contributed by atoms with Crippen molar-refractivity contribution >= 4 is 45.8 Å². The number of rotatable bonds is 8. The van der Waals surface area contributed by atoms with Crippen molar-refractivity contribution in [1.29, 1.82) is 0 Å². The van der Waals surface area contributed by atoms with Crippen LogP contribution >= 0.6 is 0 Å². The van der Waals surface area contributed by atoms with Crippen molar-refractivity contribution in [2.24, 2.45) is 10.9 Å². The lowest BCUT2D eigenvalue weighted by Crippen LogP contribution is -2.62. The number of carbonyl (C=O) groups excluding carboxylic acids is 3. The van der Waals surface area contributed by atoms with Gasteiger partial charge in [0.05, 0.1) is 24.2 Å². The fraction of sp³-hybridized carbons (Fsp3) is 0.167. The number of hydrogen-bond donors (Lipinski definition) is 1. The highest BCUT2D eigenvalue weighted by atomic mass is 16.5. The third-order valence-electron chi connectivity index (χ3n) is 7.94. The van der Waals surface area contributed by atoms with Crippen LogP contribution in [0, 0.1) is 19.8 Å². The molecule has 0 saturated carbocycles. The predicted octanol–water partition coefficient (Wildman–Crippen LogP) is 6.64. The molecule has 4 amide bonds. The second-order valence-electron chi connectivity index (χ2n) is 10.8. The first-order valence-corrected chi connectivity index (χ1v) is 14.5. The monoisotopic (exact) mass is 584 g/mol. The quantitative estimate of drug-likeness (QED) is 0.163. The van der Waals surface area contributed by atoms with Crippen molar-refractivity contribution in [3.8, 4) is 5.75 Å². The first-order chi connectivity index (χ1) is 21.4. The van der Waals surface area contributed by atoms with Crippen LogP contribution in [-0.4, -0.2) is 42.2 Å². The van der Waals surface area contributed by atoms with Crippen molar-refractivity contribution < 1.29 is 19.1 Å². The molecule has 0 unspecified atom stereocenters. The highest BCUT2D eigenvalue weighted by molar-refractivity contribution is 6.43. The summed E-state index contributed by atoms with van der Waals surface area (Å²) in [6.45, 7) is 4.30. The molecule has 6 rings (SSSR count).